The largest absolute Gasteiger partial charge is 0.478 e. The summed E-state index contributed by atoms with van der Waals surface area (Å²) in [6.07, 6.45) is 5.18. The second kappa shape index (κ2) is 4.21. The number of aromatic amines is 1. The smallest absolute Gasteiger partial charge is 0.337 e. The number of aromatic nitrogens is 3. The molecule has 0 saturated carbocycles. The average molecular weight is 277 g/mol. The Morgan fingerprint density at radius 2 is 2.14 bits per heavy atom. The van der Waals surface area contributed by atoms with Crippen LogP contribution < -0.4 is 0 Å². The molecule has 21 heavy (non-hydrogen) atoms. The normalized spacial score (nSPS) is 11.2. The Kier molecular flexibility index (Phi) is 2.35. The lowest BCUT2D eigenvalue weighted by molar-refractivity contribution is 0.0699. The summed E-state index contributed by atoms with van der Waals surface area (Å²) in [6.45, 7) is 0. The third kappa shape index (κ3) is 1.71. The number of hydrogen-bond donors (Lipinski definition) is 2. The number of rotatable bonds is 2. The Bertz CT molecular complexity index is 981. The third-order valence-corrected chi connectivity index (χ3v) is 3.66. The maximum Gasteiger partial charge on any atom is 0.337 e. The number of hydrogen-bond acceptors (Lipinski definition) is 2. The highest BCUT2D eigenvalue weighted by molar-refractivity contribution is 6.07. The number of benzene rings is 1. The lowest BCUT2D eigenvalue weighted by Crippen LogP contribution is -1.93. The summed E-state index contributed by atoms with van der Waals surface area (Å²) in [5.41, 5.74) is 4.11. The molecule has 0 aliphatic carbocycles. The molecule has 0 aliphatic heterocycles. The predicted octanol–water partition coefficient (Wildman–Crippen LogP) is 3.18. The fourth-order valence-corrected chi connectivity index (χ4v) is 2.66. The van der Waals surface area contributed by atoms with E-state index in [2.05, 4.69) is 10.1 Å². The molecule has 0 saturated heterocycles. The third-order valence-electron chi connectivity index (χ3n) is 3.66. The van der Waals surface area contributed by atoms with E-state index >= 15 is 0 Å². The standard InChI is InChI=1S/C16H11N3O2/c20-16(21)14-9-17-15-12(2-1-3-13(14)15)10-5-7-19-11(8-10)4-6-18-19/h1-9,17H,(H,20,21). The van der Waals surface area contributed by atoms with E-state index in [1.54, 1.807) is 10.7 Å². The first-order chi connectivity index (χ1) is 10.2. The van der Waals surface area contributed by atoms with Gasteiger partial charge in [0.15, 0.2) is 0 Å². The van der Waals surface area contributed by atoms with Crippen molar-refractivity contribution in [1.82, 2.24) is 14.6 Å². The average Bonchev–Trinajstić information content (AvgIpc) is 3.12. The fourth-order valence-electron chi connectivity index (χ4n) is 2.66. The minimum Gasteiger partial charge on any atom is -0.478 e. The number of carbonyl (C=O) groups is 1. The Morgan fingerprint density at radius 3 is 3.00 bits per heavy atom. The summed E-state index contributed by atoms with van der Waals surface area (Å²) in [4.78, 5) is 14.3. The Hall–Kier alpha value is -3.08. The number of carboxylic acid groups (broad SMARTS) is 1. The molecular formula is C16H11N3O2. The highest BCUT2D eigenvalue weighted by atomic mass is 16.4. The monoisotopic (exact) mass is 277 g/mol. The van der Waals surface area contributed by atoms with Crippen molar-refractivity contribution >= 4 is 22.4 Å². The second-order valence-electron chi connectivity index (χ2n) is 4.85. The van der Waals surface area contributed by atoms with Gasteiger partial charge in [-0.3, -0.25) is 0 Å². The molecule has 5 nitrogen and oxygen atoms in total. The maximum absolute atomic E-state index is 11.2. The molecule has 0 radical (unpaired) electrons. The summed E-state index contributed by atoms with van der Waals surface area (Å²) < 4.78 is 1.79. The van der Waals surface area contributed by atoms with Crippen LogP contribution in [0, 0.1) is 0 Å². The number of nitrogens with one attached hydrogen (secondary N) is 1. The zero-order chi connectivity index (χ0) is 14.4. The van der Waals surface area contributed by atoms with Crippen molar-refractivity contribution in [2.24, 2.45) is 0 Å². The number of pyridine rings is 1. The minimum absolute atomic E-state index is 0.289. The quantitative estimate of drug-likeness (QED) is 0.591. The van der Waals surface area contributed by atoms with Crippen molar-refractivity contribution < 1.29 is 9.90 Å². The number of aromatic carboxylic acids is 1. The van der Waals surface area contributed by atoms with Crippen LogP contribution >= 0.6 is 0 Å². The van der Waals surface area contributed by atoms with Crippen LogP contribution in [0.15, 0.2) is 55.0 Å². The van der Waals surface area contributed by atoms with Gasteiger partial charge in [-0.25, -0.2) is 9.31 Å². The first kappa shape index (κ1) is 11.7. The zero-order valence-electron chi connectivity index (χ0n) is 10.9. The molecule has 0 amide bonds. The molecule has 0 bridgehead atoms. The van der Waals surface area contributed by atoms with Gasteiger partial charge in [-0.05, 0) is 23.8 Å². The van der Waals surface area contributed by atoms with E-state index in [-0.39, 0.29) is 5.56 Å². The van der Waals surface area contributed by atoms with Gasteiger partial charge in [0.05, 0.1) is 16.6 Å². The van der Waals surface area contributed by atoms with Crippen molar-refractivity contribution in [2.75, 3.05) is 0 Å². The first-order valence-corrected chi connectivity index (χ1v) is 6.51. The number of para-hydroxylation sites is 1. The highest BCUT2D eigenvalue weighted by Crippen LogP contribution is 2.30. The molecule has 4 aromatic rings. The van der Waals surface area contributed by atoms with Gasteiger partial charge >= 0.3 is 5.97 Å². The van der Waals surface area contributed by atoms with Gasteiger partial charge in [0.2, 0.25) is 0 Å². The molecule has 1 aromatic carbocycles. The SMILES string of the molecule is O=C(O)c1c[nH]c2c(-c3ccn4nccc4c3)cccc12. The van der Waals surface area contributed by atoms with Crippen molar-refractivity contribution in [1.29, 1.82) is 0 Å². The Morgan fingerprint density at radius 1 is 1.24 bits per heavy atom. The summed E-state index contributed by atoms with van der Waals surface area (Å²) in [5.74, 6) is -0.926. The van der Waals surface area contributed by atoms with E-state index in [1.807, 2.05) is 42.6 Å². The van der Waals surface area contributed by atoms with Gasteiger partial charge in [-0.2, -0.15) is 5.10 Å². The molecule has 102 valence electrons. The molecule has 0 atom stereocenters. The van der Waals surface area contributed by atoms with E-state index in [9.17, 15) is 9.90 Å². The first-order valence-electron chi connectivity index (χ1n) is 6.51. The molecular weight excluding hydrogens is 266 g/mol. The molecule has 5 heteroatoms. The van der Waals surface area contributed by atoms with Gasteiger partial charge in [0.1, 0.15) is 0 Å². The van der Waals surface area contributed by atoms with Gasteiger partial charge < -0.3 is 10.1 Å². The molecule has 4 rings (SSSR count). The van der Waals surface area contributed by atoms with Crippen LogP contribution in [0.2, 0.25) is 0 Å². The lowest BCUT2D eigenvalue weighted by atomic mass is 10.0. The van der Waals surface area contributed by atoms with E-state index < -0.39 is 5.97 Å². The fraction of sp³-hybridized carbons (Fsp3) is 0. The van der Waals surface area contributed by atoms with Crippen LogP contribution in [0.1, 0.15) is 10.4 Å². The van der Waals surface area contributed by atoms with Crippen LogP contribution in [0.25, 0.3) is 27.5 Å². The second-order valence-corrected chi connectivity index (χ2v) is 4.85. The van der Waals surface area contributed by atoms with Crippen molar-refractivity contribution in [2.45, 2.75) is 0 Å². The summed E-state index contributed by atoms with van der Waals surface area (Å²) >= 11 is 0. The lowest BCUT2D eigenvalue weighted by Gasteiger charge is -2.05. The molecule has 3 heterocycles. The van der Waals surface area contributed by atoms with Crippen molar-refractivity contribution in [3.05, 3.63) is 60.6 Å². The van der Waals surface area contributed by atoms with E-state index in [1.165, 1.54) is 6.20 Å². The summed E-state index contributed by atoms with van der Waals surface area (Å²) in [6, 6.07) is 11.6. The Balaban J connectivity index is 1.99. The minimum atomic E-state index is -0.926. The molecule has 0 fully saturated rings. The van der Waals surface area contributed by atoms with Gasteiger partial charge in [-0.1, -0.05) is 18.2 Å². The topological polar surface area (TPSA) is 70.4 Å². The number of carboxylic acids is 1. The van der Waals surface area contributed by atoms with Crippen molar-refractivity contribution in [3.63, 3.8) is 0 Å². The predicted molar refractivity (Wildman–Crippen MR) is 79.4 cm³/mol. The van der Waals surface area contributed by atoms with Gasteiger partial charge in [0, 0.05) is 29.5 Å². The summed E-state index contributed by atoms with van der Waals surface area (Å²) in [5, 5.41) is 14.1. The molecule has 0 spiro atoms. The Labute approximate surface area is 119 Å². The maximum atomic E-state index is 11.2. The number of nitrogens with zero attached hydrogens (tertiary/aromatic N) is 2. The van der Waals surface area contributed by atoms with Gasteiger partial charge in [0.25, 0.3) is 0 Å². The number of H-pyrrole nitrogens is 1. The van der Waals surface area contributed by atoms with Crippen LogP contribution in [-0.2, 0) is 0 Å². The molecule has 3 aromatic heterocycles. The molecule has 2 N–H and O–H groups in total. The van der Waals surface area contributed by atoms with E-state index in [0.29, 0.717) is 5.39 Å². The van der Waals surface area contributed by atoms with Crippen LogP contribution in [-0.4, -0.2) is 25.7 Å². The highest BCUT2D eigenvalue weighted by Gasteiger charge is 2.13. The van der Waals surface area contributed by atoms with Crippen LogP contribution in [0.4, 0.5) is 0 Å². The molecule has 0 aliphatic rings. The van der Waals surface area contributed by atoms with Crippen molar-refractivity contribution in [3.8, 4) is 11.1 Å². The van der Waals surface area contributed by atoms with Gasteiger partial charge in [-0.15, -0.1) is 0 Å². The zero-order valence-corrected chi connectivity index (χ0v) is 10.9. The molecule has 0 unspecified atom stereocenters. The van der Waals surface area contributed by atoms with Crippen LogP contribution in [0.5, 0.6) is 0 Å². The number of fused-ring (bicyclic) bond motifs is 2. The van der Waals surface area contributed by atoms with E-state index in [4.69, 9.17) is 0 Å². The van der Waals surface area contributed by atoms with E-state index in [0.717, 1.165) is 22.2 Å². The van der Waals surface area contributed by atoms with Crippen LogP contribution in [0.3, 0.4) is 0 Å². The summed E-state index contributed by atoms with van der Waals surface area (Å²) in [7, 11) is 0.